The molecule has 0 aromatic heterocycles. The van der Waals surface area contributed by atoms with Crippen molar-refractivity contribution < 1.29 is 13.2 Å². The second kappa shape index (κ2) is 6.87. The molecule has 17 heavy (non-hydrogen) atoms. The Kier molecular flexibility index (Phi) is 5.78. The lowest BCUT2D eigenvalue weighted by Gasteiger charge is -2.09. The van der Waals surface area contributed by atoms with Crippen molar-refractivity contribution >= 4 is 21.4 Å². The van der Waals surface area contributed by atoms with E-state index in [1.807, 2.05) is 24.3 Å². The van der Waals surface area contributed by atoms with Crippen LogP contribution in [0.2, 0.25) is 0 Å². The van der Waals surface area contributed by atoms with E-state index in [2.05, 4.69) is 0 Å². The van der Waals surface area contributed by atoms with Crippen molar-refractivity contribution in [2.75, 3.05) is 18.1 Å². The van der Waals surface area contributed by atoms with Crippen molar-refractivity contribution in [2.45, 2.75) is 19.2 Å². The zero-order chi connectivity index (χ0) is 12.7. The molecule has 3 nitrogen and oxygen atoms in total. The maximum absolute atomic E-state index is 11.3. The van der Waals surface area contributed by atoms with Crippen molar-refractivity contribution in [1.82, 2.24) is 0 Å². The maximum atomic E-state index is 11.3. The number of hydrogen-bond donors (Lipinski definition) is 0. The van der Waals surface area contributed by atoms with Gasteiger partial charge in [-0.2, -0.15) is 0 Å². The van der Waals surface area contributed by atoms with E-state index in [9.17, 15) is 8.42 Å². The van der Waals surface area contributed by atoms with Gasteiger partial charge >= 0.3 is 0 Å². The molecule has 0 bridgehead atoms. The molecule has 0 saturated carbocycles. The smallest absolute Gasteiger partial charge is 0.150 e. The fourth-order valence-corrected chi connectivity index (χ4v) is 2.43. The second-order valence-corrected chi connectivity index (χ2v) is 6.42. The molecule has 5 heteroatoms. The largest absolute Gasteiger partial charge is 0.493 e. The average Bonchev–Trinajstić information content (AvgIpc) is 2.35. The van der Waals surface area contributed by atoms with Crippen LogP contribution in [0.1, 0.15) is 18.9 Å². The van der Waals surface area contributed by atoms with E-state index in [4.69, 9.17) is 16.3 Å². The summed E-state index contributed by atoms with van der Waals surface area (Å²) in [4.78, 5) is 0. The van der Waals surface area contributed by atoms with Gasteiger partial charge in [-0.15, -0.1) is 11.6 Å². The number of halogens is 1. The van der Waals surface area contributed by atoms with E-state index < -0.39 is 9.84 Å². The Hall–Kier alpha value is -0.740. The highest BCUT2D eigenvalue weighted by Crippen LogP contribution is 2.19. The zero-order valence-corrected chi connectivity index (χ0v) is 11.4. The monoisotopic (exact) mass is 276 g/mol. The number of benzene rings is 1. The van der Waals surface area contributed by atoms with Crippen molar-refractivity contribution in [2.24, 2.45) is 0 Å². The maximum Gasteiger partial charge on any atom is 0.150 e. The fourth-order valence-electron chi connectivity index (χ4n) is 1.36. The van der Waals surface area contributed by atoms with Gasteiger partial charge in [-0.05, 0) is 12.5 Å². The standard InChI is InChI=1S/C12H17ClO3S/c1-2-17(14,15)9-5-8-16-12-7-4-3-6-11(12)10-13/h3-4,6-7H,2,5,8-10H2,1H3. The average molecular weight is 277 g/mol. The molecule has 0 fully saturated rings. The second-order valence-electron chi connectivity index (χ2n) is 3.68. The molecule has 0 aliphatic heterocycles. The number of alkyl halides is 1. The number of sulfone groups is 1. The Bertz CT molecular complexity index is 443. The van der Waals surface area contributed by atoms with Gasteiger partial charge in [0, 0.05) is 11.3 Å². The first-order valence-corrected chi connectivity index (χ1v) is 7.91. The topological polar surface area (TPSA) is 43.4 Å². The summed E-state index contributed by atoms with van der Waals surface area (Å²) in [7, 11) is -2.90. The third kappa shape index (κ3) is 4.96. The molecule has 0 N–H and O–H groups in total. The Morgan fingerprint density at radius 1 is 1.29 bits per heavy atom. The summed E-state index contributed by atoms with van der Waals surface area (Å²) in [6.45, 7) is 2.05. The number of para-hydroxylation sites is 1. The van der Waals surface area contributed by atoms with Gasteiger partial charge in [0.05, 0.1) is 18.2 Å². The van der Waals surface area contributed by atoms with Crippen LogP contribution in [-0.2, 0) is 15.7 Å². The van der Waals surface area contributed by atoms with E-state index in [1.54, 1.807) is 6.92 Å². The van der Waals surface area contributed by atoms with E-state index >= 15 is 0 Å². The summed E-state index contributed by atoms with van der Waals surface area (Å²) in [5.41, 5.74) is 0.924. The Balaban J connectivity index is 2.41. The fraction of sp³-hybridized carbons (Fsp3) is 0.500. The summed E-state index contributed by atoms with van der Waals surface area (Å²) in [6, 6.07) is 7.50. The Morgan fingerprint density at radius 2 is 2.00 bits per heavy atom. The molecule has 96 valence electrons. The quantitative estimate of drug-likeness (QED) is 0.568. The molecule has 1 aromatic carbocycles. The molecular formula is C12H17ClO3S. The lowest BCUT2D eigenvalue weighted by atomic mass is 10.2. The van der Waals surface area contributed by atoms with Crippen LogP contribution in [-0.4, -0.2) is 26.5 Å². The SMILES string of the molecule is CCS(=O)(=O)CCCOc1ccccc1CCl. The summed E-state index contributed by atoms with van der Waals surface area (Å²) >= 11 is 5.76. The molecule has 0 amide bonds. The van der Waals surface area contributed by atoms with Crippen LogP contribution >= 0.6 is 11.6 Å². The van der Waals surface area contributed by atoms with Crippen molar-refractivity contribution in [1.29, 1.82) is 0 Å². The van der Waals surface area contributed by atoms with E-state index in [0.29, 0.717) is 18.9 Å². The van der Waals surface area contributed by atoms with E-state index in [0.717, 1.165) is 11.3 Å². The van der Waals surface area contributed by atoms with E-state index in [1.165, 1.54) is 0 Å². The molecule has 1 rings (SSSR count). The summed E-state index contributed by atoms with van der Waals surface area (Å²) in [5, 5.41) is 0. The lowest BCUT2D eigenvalue weighted by Crippen LogP contribution is -2.12. The highest BCUT2D eigenvalue weighted by Gasteiger charge is 2.07. The van der Waals surface area contributed by atoms with Gasteiger partial charge in [-0.1, -0.05) is 25.1 Å². The highest BCUT2D eigenvalue weighted by atomic mass is 35.5. The molecular weight excluding hydrogens is 260 g/mol. The van der Waals surface area contributed by atoms with Crippen LogP contribution in [0.25, 0.3) is 0 Å². The van der Waals surface area contributed by atoms with Crippen molar-refractivity contribution in [3.05, 3.63) is 29.8 Å². The van der Waals surface area contributed by atoms with Crippen molar-refractivity contribution in [3.8, 4) is 5.75 Å². The van der Waals surface area contributed by atoms with Crippen molar-refractivity contribution in [3.63, 3.8) is 0 Å². The van der Waals surface area contributed by atoms with Crippen LogP contribution in [0.3, 0.4) is 0 Å². The Labute approximate surface area is 108 Å². The first-order chi connectivity index (χ1) is 8.09. The van der Waals surface area contributed by atoms with Crippen LogP contribution < -0.4 is 4.74 Å². The normalized spacial score (nSPS) is 11.4. The Morgan fingerprint density at radius 3 is 2.65 bits per heavy atom. The summed E-state index contributed by atoms with van der Waals surface area (Å²) in [5.74, 6) is 1.48. The van der Waals surface area contributed by atoms with Gasteiger partial charge in [0.25, 0.3) is 0 Å². The minimum atomic E-state index is -2.90. The lowest BCUT2D eigenvalue weighted by molar-refractivity contribution is 0.315. The number of ether oxygens (including phenoxy) is 1. The first-order valence-electron chi connectivity index (χ1n) is 5.56. The van der Waals surface area contributed by atoms with Gasteiger partial charge < -0.3 is 4.74 Å². The van der Waals surface area contributed by atoms with Gasteiger partial charge in [0.15, 0.2) is 0 Å². The van der Waals surface area contributed by atoms with Gasteiger partial charge in [0.2, 0.25) is 0 Å². The summed E-state index contributed by atoms with van der Waals surface area (Å²) < 4.78 is 28.0. The molecule has 0 aliphatic carbocycles. The molecule has 0 unspecified atom stereocenters. The highest BCUT2D eigenvalue weighted by molar-refractivity contribution is 7.91. The van der Waals surface area contributed by atoms with Gasteiger partial charge in [0.1, 0.15) is 15.6 Å². The van der Waals surface area contributed by atoms with Crippen LogP contribution in [0.5, 0.6) is 5.75 Å². The predicted octanol–water partition coefficient (Wildman–Crippen LogP) is 2.63. The molecule has 1 aromatic rings. The van der Waals surface area contributed by atoms with E-state index in [-0.39, 0.29) is 11.5 Å². The molecule has 0 atom stereocenters. The minimum Gasteiger partial charge on any atom is -0.493 e. The van der Waals surface area contributed by atoms with Gasteiger partial charge in [-0.3, -0.25) is 0 Å². The summed E-state index contributed by atoms with van der Waals surface area (Å²) in [6.07, 6.45) is 0.507. The third-order valence-electron chi connectivity index (χ3n) is 2.41. The molecule has 0 saturated heterocycles. The number of rotatable bonds is 7. The molecule has 0 spiro atoms. The van der Waals surface area contributed by atoms with Crippen LogP contribution in [0.4, 0.5) is 0 Å². The zero-order valence-electron chi connectivity index (χ0n) is 9.86. The molecule has 0 heterocycles. The number of hydrogen-bond acceptors (Lipinski definition) is 3. The molecule has 0 radical (unpaired) electrons. The van der Waals surface area contributed by atoms with Gasteiger partial charge in [-0.25, -0.2) is 8.42 Å². The predicted molar refractivity (Wildman–Crippen MR) is 70.4 cm³/mol. The van der Waals surface area contributed by atoms with Crippen LogP contribution in [0.15, 0.2) is 24.3 Å². The van der Waals surface area contributed by atoms with Crippen LogP contribution in [0, 0.1) is 0 Å². The minimum absolute atomic E-state index is 0.173. The third-order valence-corrected chi connectivity index (χ3v) is 4.49. The molecule has 0 aliphatic rings. The first kappa shape index (κ1) is 14.3.